The van der Waals surface area contributed by atoms with E-state index < -0.39 is 12.0 Å². The Morgan fingerprint density at radius 3 is 2.81 bits per heavy atom. The number of rotatable bonds is 5. The second-order valence-corrected chi connectivity index (χ2v) is 7.16. The van der Waals surface area contributed by atoms with Gasteiger partial charge in [-0.2, -0.15) is 5.06 Å². The van der Waals surface area contributed by atoms with Gasteiger partial charge in [-0.3, -0.25) is 9.63 Å². The predicted octanol–water partition coefficient (Wildman–Crippen LogP) is 2.70. The Morgan fingerprint density at radius 2 is 2.12 bits per heavy atom. The number of urea groups is 1. The van der Waals surface area contributed by atoms with E-state index >= 15 is 0 Å². The van der Waals surface area contributed by atoms with E-state index in [1.807, 2.05) is 30.3 Å². The van der Waals surface area contributed by atoms with E-state index in [0.717, 1.165) is 17.4 Å². The maximum Gasteiger partial charge on any atom is 0.345 e. The normalized spacial score (nSPS) is 20.9. The maximum atomic E-state index is 12.8. The second kappa shape index (κ2) is 6.54. The Hall–Kier alpha value is -2.71. The van der Waals surface area contributed by atoms with Crippen molar-refractivity contribution in [3.05, 3.63) is 57.3 Å². The summed E-state index contributed by atoms with van der Waals surface area (Å²) >= 11 is 1.21. The fourth-order valence-electron chi connectivity index (χ4n) is 3.36. The summed E-state index contributed by atoms with van der Waals surface area (Å²) in [6.07, 6.45) is 0.747. The van der Waals surface area contributed by atoms with Gasteiger partial charge < -0.3 is 9.64 Å². The van der Waals surface area contributed by atoms with Crippen LogP contribution in [0.1, 0.15) is 37.8 Å². The Bertz CT molecular complexity index is 866. The number of methoxy groups -OCH3 is 1. The monoisotopic (exact) mass is 372 g/mol. The van der Waals surface area contributed by atoms with Gasteiger partial charge in [0.2, 0.25) is 0 Å². The minimum Gasteiger partial charge on any atom is -0.467 e. The van der Waals surface area contributed by atoms with Crippen molar-refractivity contribution in [2.75, 3.05) is 13.7 Å². The van der Waals surface area contributed by atoms with Crippen LogP contribution in [-0.4, -0.2) is 41.9 Å². The molecule has 2 amide bonds. The van der Waals surface area contributed by atoms with Crippen LogP contribution in [0.4, 0.5) is 4.79 Å². The summed E-state index contributed by atoms with van der Waals surface area (Å²) in [7, 11) is 1.28. The minimum absolute atomic E-state index is 0.236. The molecule has 1 aromatic heterocycles. The standard InChI is InChI=1S/C18H16N2O5S/c1-24-17(22)15-16-13(7-12(9-21)26-16)14-8-19(15)18(23)20(14)25-10-11-5-3-2-4-6-11/h2-7,9,14-15H,8,10H2,1H3/t14-,15+/m1/s1. The smallest absolute Gasteiger partial charge is 0.345 e. The number of aldehydes is 1. The first-order valence-corrected chi connectivity index (χ1v) is 8.89. The van der Waals surface area contributed by atoms with Gasteiger partial charge in [-0.05, 0) is 17.2 Å². The van der Waals surface area contributed by atoms with Crippen molar-refractivity contribution >= 4 is 29.6 Å². The maximum absolute atomic E-state index is 12.8. The Kier molecular flexibility index (Phi) is 4.21. The molecule has 3 heterocycles. The molecule has 2 aromatic rings. The zero-order valence-corrected chi connectivity index (χ0v) is 14.8. The predicted molar refractivity (Wildman–Crippen MR) is 92.4 cm³/mol. The highest BCUT2D eigenvalue weighted by molar-refractivity contribution is 7.14. The largest absolute Gasteiger partial charge is 0.467 e. The number of fused-ring (bicyclic) bond motifs is 4. The van der Waals surface area contributed by atoms with Crippen molar-refractivity contribution < 1.29 is 24.0 Å². The molecular weight excluding hydrogens is 356 g/mol. The molecule has 134 valence electrons. The molecule has 2 bridgehead atoms. The van der Waals surface area contributed by atoms with Crippen LogP contribution in [0.3, 0.4) is 0 Å². The molecule has 26 heavy (non-hydrogen) atoms. The Labute approximate surface area is 153 Å². The third-order valence-electron chi connectivity index (χ3n) is 4.57. The molecule has 7 nitrogen and oxygen atoms in total. The Balaban J connectivity index is 1.67. The van der Waals surface area contributed by atoms with Crippen molar-refractivity contribution in [2.24, 2.45) is 0 Å². The van der Waals surface area contributed by atoms with Crippen LogP contribution in [0.5, 0.6) is 0 Å². The van der Waals surface area contributed by atoms with Crippen LogP contribution < -0.4 is 0 Å². The van der Waals surface area contributed by atoms with Gasteiger partial charge in [0.15, 0.2) is 12.3 Å². The first-order valence-electron chi connectivity index (χ1n) is 8.07. The summed E-state index contributed by atoms with van der Waals surface area (Å²) in [4.78, 5) is 44.7. The van der Waals surface area contributed by atoms with Gasteiger partial charge >= 0.3 is 12.0 Å². The molecule has 2 aliphatic rings. The molecule has 1 fully saturated rings. The first-order chi connectivity index (χ1) is 12.6. The number of esters is 1. The number of hydroxylamine groups is 2. The van der Waals surface area contributed by atoms with E-state index in [4.69, 9.17) is 9.57 Å². The average molecular weight is 372 g/mol. The van der Waals surface area contributed by atoms with E-state index in [2.05, 4.69) is 0 Å². The summed E-state index contributed by atoms with van der Waals surface area (Å²) in [6, 6.07) is 9.66. The van der Waals surface area contributed by atoms with Gasteiger partial charge in [0.25, 0.3) is 0 Å². The summed E-state index contributed by atoms with van der Waals surface area (Å²) in [5.41, 5.74) is 1.70. The zero-order valence-electron chi connectivity index (χ0n) is 14.0. The van der Waals surface area contributed by atoms with Crippen molar-refractivity contribution in [2.45, 2.75) is 18.7 Å². The van der Waals surface area contributed by atoms with E-state index in [9.17, 15) is 14.4 Å². The molecule has 4 rings (SSSR count). The van der Waals surface area contributed by atoms with Gasteiger partial charge in [0, 0.05) is 4.88 Å². The SMILES string of the molecule is COC(=O)[C@@H]1c2sc(C=O)cc2[C@H]2CN1C(=O)N2OCc1ccccc1. The molecule has 2 aliphatic heterocycles. The van der Waals surface area contributed by atoms with Gasteiger partial charge in [0.05, 0.1) is 18.5 Å². The lowest BCUT2D eigenvalue weighted by Gasteiger charge is -2.28. The molecule has 0 radical (unpaired) electrons. The van der Waals surface area contributed by atoms with Gasteiger partial charge in [0.1, 0.15) is 12.6 Å². The molecule has 1 aromatic carbocycles. The van der Waals surface area contributed by atoms with Crippen LogP contribution >= 0.6 is 11.3 Å². The lowest BCUT2D eigenvalue weighted by atomic mass is 9.99. The first kappa shape index (κ1) is 16.7. The number of hydrogen-bond acceptors (Lipinski definition) is 6. The molecule has 0 unspecified atom stereocenters. The highest BCUT2D eigenvalue weighted by atomic mass is 32.1. The fourth-order valence-corrected chi connectivity index (χ4v) is 4.50. The third kappa shape index (κ3) is 2.58. The third-order valence-corrected chi connectivity index (χ3v) is 5.70. The average Bonchev–Trinajstić information content (AvgIpc) is 3.22. The summed E-state index contributed by atoms with van der Waals surface area (Å²) in [5, 5.41) is 1.30. The number of carbonyl (C=O) groups excluding carboxylic acids is 3. The van der Waals surface area contributed by atoms with E-state index in [-0.39, 0.29) is 18.7 Å². The van der Waals surface area contributed by atoms with E-state index in [0.29, 0.717) is 16.3 Å². The van der Waals surface area contributed by atoms with Gasteiger partial charge in [-0.1, -0.05) is 30.3 Å². The number of ether oxygens (including phenoxy) is 1. The molecule has 2 atom stereocenters. The molecule has 0 N–H and O–H groups in total. The number of thiophene rings is 1. The summed E-state index contributed by atoms with van der Waals surface area (Å²) in [6.45, 7) is 0.551. The number of carbonyl (C=O) groups is 3. The van der Waals surface area contributed by atoms with Crippen molar-refractivity contribution in [1.82, 2.24) is 9.96 Å². The topological polar surface area (TPSA) is 76.2 Å². The molecule has 0 spiro atoms. The fraction of sp³-hybridized carbons (Fsp3) is 0.278. The second-order valence-electron chi connectivity index (χ2n) is 6.05. The molecule has 0 saturated carbocycles. The summed E-state index contributed by atoms with van der Waals surface area (Å²) in [5.74, 6) is -0.526. The lowest BCUT2D eigenvalue weighted by Crippen LogP contribution is -2.38. The minimum atomic E-state index is -0.845. The van der Waals surface area contributed by atoms with Crippen LogP contribution in [0.2, 0.25) is 0 Å². The van der Waals surface area contributed by atoms with E-state index in [1.165, 1.54) is 28.4 Å². The lowest BCUT2D eigenvalue weighted by molar-refractivity contribution is -0.146. The van der Waals surface area contributed by atoms with Crippen LogP contribution in [0, 0.1) is 0 Å². The molecule has 1 saturated heterocycles. The van der Waals surface area contributed by atoms with Crippen molar-refractivity contribution in [1.29, 1.82) is 0 Å². The van der Waals surface area contributed by atoms with Crippen molar-refractivity contribution in [3.8, 4) is 0 Å². The van der Waals surface area contributed by atoms with Gasteiger partial charge in [-0.25, -0.2) is 9.59 Å². The van der Waals surface area contributed by atoms with Crippen LogP contribution in [0.25, 0.3) is 0 Å². The van der Waals surface area contributed by atoms with Gasteiger partial charge in [-0.15, -0.1) is 11.3 Å². The zero-order chi connectivity index (χ0) is 18.3. The van der Waals surface area contributed by atoms with E-state index in [1.54, 1.807) is 6.07 Å². The van der Waals surface area contributed by atoms with Crippen LogP contribution in [0.15, 0.2) is 36.4 Å². The highest BCUT2D eigenvalue weighted by Crippen LogP contribution is 2.47. The quantitative estimate of drug-likeness (QED) is 0.596. The molecular formula is C18H16N2O5S. The number of hydrogen-bond donors (Lipinski definition) is 0. The Morgan fingerprint density at radius 1 is 1.35 bits per heavy atom. The van der Waals surface area contributed by atoms with Crippen LogP contribution in [-0.2, 0) is 21.0 Å². The number of nitrogens with zero attached hydrogens (tertiary/aromatic N) is 2. The molecule has 0 aliphatic carbocycles. The number of benzene rings is 1. The van der Waals surface area contributed by atoms with Crippen molar-refractivity contribution in [3.63, 3.8) is 0 Å². The highest BCUT2D eigenvalue weighted by Gasteiger charge is 2.52. The molecule has 8 heteroatoms. The summed E-state index contributed by atoms with van der Waals surface area (Å²) < 4.78 is 4.88. The number of amides is 2.